The molecule has 0 aliphatic rings. The molecular weight excluding hydrogens is 136 g/mol. The van der Waals surface area contributed by atoms with Gasteiger partial charge in [-0.05, 0) is 19.8 Å². The topological polar surface area (TPSA) is 35.8 Å². The van der Waals surface area contributed by atoms with E-state index in [2.05, 4.69) is 31.8 Å². The van der Waals surface area contributed by atoms with Crippen LogP contribution in [0.4, 0.5) is 0 Å². The monoisotopic (exact) mass is 152 g/mol. The molecule has 0 fully saturated rings. The van der Waals surface area contributed by atoms with Crippen molar-refractivity contribution in [1.82, 2.24) is 5.32 Å². The van der Waals surface area contributed by atoms with Gasteiger partial charge in [-0.3, -0.25) is 5.32 Å². The Morgan fingerprint density at radius 2 is 2.36 bits per heavy atom. The van der Waals surface area contributed by atoms with Crippen LogP contribution < -0.4 is 5.32 Å². The number of nitriles is 1. The van der Waals surface area contributed by atoms with Crippen LogP contribution in [0.2, 0.25) is 0 Å². The molecule has 2 nitrogen and oxygen atoms in total. The Balaban J connectivity index is 3.69. The van der Waals surface area contributed by atoms with Gasteiger partial charge >= 0.3 is 0 Å². The highest BCUT2D eigenvalue weighted by Crippen LogP contribution is 1.95. The predicted octanol–water partition coefficient (Wildman–Crippen LogP) is 1.84. The van der Waals surface area contributed by atoms with E-state index in [9.17, 15) is 0 Å². The first-order chi connectivity index (χ1) is 5.24. The van der Waals surface area contributed by atoms with Crippen LogP contribution in [-0.2, 0) is 0 Å². The van der Waals surface area contributed by atoms with E-state index in [-0.39, 0.29) is 6.04 Å². The fourth-order valence-electron chi connectivity index (χ4n) is 0.786. The Labute approximate surface area is 68.9 Å². The summed E-state index contributed by atoms with van der Waals surface area (Å²) in [6.45, 7) is 7.76. The molecule has 1 N–H and O–H groups in total. The second-order valence-electron chi connectivity index (χ2n) is 2.68. The van der Waals surface area contributed by atoms with Crippen molar-refractivity contribution in [1.29, 1.82) is 5.26 Å². The molecule has 62 valence electrons. The van der Waals surface area contributed by atoms with E-state index in [0.717, 1.165) is 12.8 Å². The maximum absolute atomic E-state index is 8.64. The molecule has 0 spiro atoms. The van der Waals surface area contributed by atoms with Crippen LogP contribution in [0.3, 0.4) is 0 Å². The van der Waals surface area contributed by atoms with Gasteiger partial charge in [0.2, 0.25) is 0 Å². The lowest BCUT2D eigenvalue weighted by Crippen LogP contribution is -2.34. The van der Waals surface area contributed by atoms with Gasteiger partial charge < -0.3 is 0 Å². The third-order valence-electron chi connectivity index (χ3n) is 1.66. The zero-order chi connectivity index (χ0) is 8.69. The molecule has 0 aliphatic carbocycles. The summed E-state index contributed by atoms with van der Waals surface area (Å²) in [7, 11) is 0. The van der Waals surface area contributed by atoms with Crippen molar-refractivity contribution < 1.29 is 0 Å². The first-order valence-electron chi connectivity index (χ1n) is 4.01. The molecule has 2 heteroatoms. The van der Waals surface area contributed by atoms with Gasteiger partial charge in [0.15, 0.2) is 0 Å². The molecule has 0 bridgehead atoms. The van der Waals surface area contributed by atoms with Crippen molar-refractivity contribution in [2.45, 2.75) is 38.8 Å². The third-order valence-corrected chi connectivity index (χ3v) is 1.66. The van der Waals surface area contributed by atoms with Crippen molar-refractivity contribution in [2.75, 3.05) is 0 Å². The molecule has 0 saturated heterocycles. The van der Waals surface area contributed by atoms with Crippen LogP contribution in [0.1, 0.15) is 26.7 Å². The van der Waals surface area contributed by atoms with Gasteiger partial charge in [0.05, 0.1) is 12.1 Å². The van der Waals surface area contributed by atoms with Gasteiger partial charge in [-0.2, -0.15) is 5.26 Å². The van der Waals surface area contributed by atoms with E-state index in [1.54, 1.807) is 6.08 Å². The molecule has 0 aromatic rings. The molecule has 0 aromatic heterocycles. The maximum atomic E-state index is 8.64. The predicted molar refractivity (Wildman–Crippen MR) is 47.1 cm³/mol. The summed E-state index contributed by atoms with van der Waals surface area (Å²) in [4.78, 5) is 0. The fourth-order valence-corrected chi connectivity index (χ4v) is 0.786. The van der Waals surface area contributed by atoms with Gasteiger partial charge in [-0.1, -0.05) is 13.0 Å². The van der Waals surface area contributed by atoms with Crippen molar-refractivity contribution >= 4 is 0 Å². The van der Waals surface area contributed by atoms with Crippen LogP contribution in [0.15, 0.2) is 12.7 Å². The molecule has 2 atom stereocenters. The lowest BCUT2D eigenvalue weighted by molar-refractivity contribution is 0.492. The van der Waals surface area contributed by atoms with Gasteiger partial charge in [0, 0.05) is 6.04 Å². The van der Waals surface area contributed by atoms with Crippen LogP contribution >= 0.6 is 0 Å². The molecule has 0 radical (unpaired) electrons. The second kappa shape index (κ2) is 5.94. The quantitative estimate of drug-likeness (QED) is 0.610. The van der Waals surface area contributed by atoms with Gasteiger partial charge in [-0.15, -0.1) is 6.58 Å². The fraction of sp³-hybridized carbons (Fsp3) is 0.667. The molecule has 0 amide bonds. The SMILES string of the molecule is C=CCC(C#N)NC(C)CC. The number of hydrogen-bond acceptors (Lipinski definition) is 2. The van der Waals surface area contributed by atoms with E-state index in [1.165, 1.54) is 0 Å². The average Bonchev–Trinajstić information content (AvgIpc) is 2.03. The van der Waals surface area contributed by atoms with Crippen molar-refractivity contribution in [3.05, 3.63) is 12.7 Å². The van der Waals surface area contributed by atoms with Gasteiger partial charge in [-0.25, -0.2) is 0 Å². The van der Waals surface area contributed by atoms with Crippen molar-refractivity contribution in [3.63, 3.8) is 0 Å². The zero-order valence-corrected chi connectivity index (χ0v) is 7.30. The molecule has 2 unspecified atom stereocenters. The molecule has 0 heterocycles. The molecule has 0 aromatic carbocycles. The van der Waals surface area contributed by atoms with E-state index in [1.807, 2.05) is 0 Å². The minimum atomic E-state index is -0.0672. The summed E-state index contributed by atoms with van der Waals surface area (Å²) < 4.78 is 0. The van der Waals surface area contributed by atoms with Crippen molar-refractivity contribution in [3.8, 4) is 6.07 Å². The van der Waals surface area contributed by atoms with Crippen LogP contribution in [0, 0.1) is 11.3 Å². The van der Waals surface area contributed by atoms with Crippen LogP contribution in [0.5, 0.6) is 0 Å². The van der Waals surface area contributed by atoms with Crippen LogP contribution in [0.25, 0.3) is 0 Å². The average molecular weight is 152 g/mol. The Morgan fingerprint density at radius 3 is 2.73 bits per heavy atom. The maximum Gasteiger partial charge on any atom is 0.0989 e. The Bertz CT molecular complexity index is 146. The highest BCUT2D eigenvalue weighted by Gasteiger charge is 2.06. The third kappa shape index (κ3) is 4.58. The summed E-state index contributed by atoms with van der Waals surface area (Å²) in [6.07, 6.45) is 3.54. The van der Waals surface area contributed by atoms with E-state index < -0.39 is 0 Å². The standard InChI is InChI=1S/C9H16N2/c1-4-6-9(7-10)11-8(3)5-2/h4,8-9,11H,1,5-6H2,2-3H3. The number of nitrogens with one attached hydrogen (secondary N) is 1. The lowest BCUT2D eigenvalue weighted by atomic mass is 10.2. The zero-order valence-electron chi connectivity index (χ0n) is 7.30. The van der Waals surface area contributed by atoms with Crippen molar-refractivity contribution in [2.24, 2.45) is 0 Å². The smallest absolute Gasteiger partial charge is 0.0989 e. The van der Waals surface area contributed by atoms with Crippen LogP contribution in [-0.4, -0.2) is 12.1 Å². The number of hydrogen-bond donors (Lipinski definition) is 1. The molecule has 0 rings (SSSR count). The van der Waals surface area contributed by atoms with E-state index in [0.29, 0.717) is 6.04 Å². The normalized spacial score (nSPS) is 15.0. The highest BCUT2D eigenvalue weighted by atomic mass is 14.9. The molecular formula is C9H16N2. The molecule has 0 aliphatic heterocycles. The summed E-state index contributed by atoms with van der Waals surface area (Å²) in [5.41, 5.74) is 0. The minimum Gasteiger partial charge on any atom is -0.299 e. The van der Waals surface area contributed by atoms with Gasteiger partial charge in [0.25, 0.3) is 0 Å². The summed E-state index contributed by atoms with van der Waals surface area (Å²) >= 11 is 0. The first kappa shape index (κ1) is 10.2. The lowest BCUT2D eigenvalue weighted by Gasteiger charge is -2.14. The largest absolute Gasteiger partial charge is 0.299 e. The second-order valence-corrected chi connectivity index (χ2v) is 2.68. The first-order valence-corrected chi connectivity index (χ1v) is 4.01. The Kier molecular flexibility index (Phi) is 5.50. The Hall–Kier alpha value is -0.810. The number of nitrogens with zero attached hydrogens (tertiary/aromatic N) is 1. The summed E-state index contributed by atoms with van der Waals surface area (Å²) in [6, 6.07) is 2.53. The molecule has 11 heavy (non-hydrogen) atoms. The highest BCUT2D eigenvalue weighted by molar-refractivity contribution is 4.95. The summed E-state index contributed by atoms with van der Waals surface area (Å²) in [5, 5.41) is 11.8. The van der Waals surface area contributed by atoms with E-state index in [4.69, 9.17) is 5.26 Å². The number of rotatable bonds is 5. The minimum absolute atomic E-state index is 0.0672. The Morgan fingerprint density at radius 1 is 1.73 bits per heavy atom. The van der Waals surface area contributed by atoms with Gasteiger partial charge in [0.1, 0.15) is 0 Å². The van der Waals surface area contributed by atoms with E-state index >= 15 is 0 Å². The summed E-state index contributed by atoms with van der Waals surface area (Å²) in [5.74, 6) is 0. The molecule has 0 saturated carbocycles.